The van der Waals surface area contributed by atoms with Crippen LogP contribution in [-0.4, -0.2) is 30.9 Å². The molecule has 0 amide bonds. The van der Waals surface area contributed by atoms with Crippen molar-refractivity contribution in [1.82, 2.24) is 9.88 Å². The second-order valence-electron chi connectivity index (χ2n) is 7.03. The van der Waals surface area contributed by atoms with Gasteiger partial charge in [0, 0.05) is 18.1 Å². The van der Waals surface area contributed by atoms with Gasteiger partial charge in [-0.1, -0.05) is 12.1 Å². The van der Waals surface area contributed by atoms with Gasteiger partial charge in [-0.2, -0.15) is 0 Å². The molecule has 2 heterocycles. The maximum Gasteiger partial charge on any atom is 0.258 e. The average molecular weight is 401 g/mol. The second kappa shape index (κ2) is 8.67. The number of aromatic nitrogens is 1. The predicted molar refractivity (Wildman–Crippen MR) is 114 cm³/mol. The van der Waals surface area contributed by atoms with E-state index in [-0.39, 0.29) is 24.1 Å². The third kappa shape index (κ3) is 4.16. The second-order valence-corrected chi connectivity index (χ2v) is 7.03. The Morgan fingerprint density at radius 3 is 2.64 bits per heavy atom. The number of methoxy groups -OCH3 is 1. The number of aryl methyl sites for hydroxylation is 1. The number of hydrogen-bond donors (Lipinski definition) is 1. The van der Waals surface area contributed by atoms with Crippen molar-refractivity contribution in [3.05, 3.63) is 70.1 Å². The van der Waals surface area contributed by atoms with E-state index in [4.69, 9.17) is 9.47 Å². The largest absolute Gasteiger partial charge is 0.497 e. The maximum absolute atomic E-state index is 13.0. The third-order valence-corrected chi connectivity index (χ3v) is 5.09. The first-order chi connectivity index (χ1) is 13.1. The zero-order valence-electron chi connectivity index (χ0n) is 16.1. The Hall–Kier alpha value is -2.50. The number of nitrogens with one attached hydrogen (secondary N) is 1. The number of pyridine rings is 1. The minimum Gasteiger partial charge on any atom is -0.497 e. The van der Waals surface area contributed by atoms with Crippen LogP contribution in [0.3, 0.4) is 0 Å². The summed E-state index contributed by atoms with van der Waals surface area (Å²) in [7, 11) is 1.65. The molecule has 0 unspecified atom stereocenters. The lowest BCUT2D eigenvalue weighted by Crippen LogP contribution is -2.21. The molecule has 1 saturated heterocycles. The van der Waals surface area contributed by atoms with Crippen molar-refractivity contribution in [2.75, 3.05) is 20.2 Å². The van der Waals surface area contributed by atoms with E-state index in [1.54, 1.807) is 11.7 Å². The molecule has 0 saturated carbocycles. The molecular formula is C22H25ClN2O3. The summed E-state index contributed by atoms with van der Waals surface area (Å²) in [6, 6.07) is 13.7. The van der Waals surface area contributed by atoms with Gasteiger partial charge in [0.15, 0.2) is 0 Å². The van der Waals surface area contributed by atoms with Gasteiger partial charge in [0.25, 0.3) is 5.56 Å². The monoisotopic (exact) mass is 400 g/mol. The Balaban J connectivity index is 0.00000225. The zero-order chi connectivity index (χ0) is 18.8. The van der Waals surface area contributed by atoms with E-state index in [1.165, 1.54) is 0 Å². The van der Waals surface area contributed by atoms with E-state index in [2.05, 4.69) is 5.32 Å². The van der Waals surface area contributed by atoms with E-state index < -0.39 is 0 Å². The molecule has 0 spiro atoms. The molecule has 5 nitrogen and oxygen atoms in total. The van der Waals surface area contributed by atoms with Crippen molar-refractivity contribution in [3.63, 3.8) is 0 Å². The highest BCUT2D eigenvalue weighted by Crippen LogP contribution is 2.25. The quantitative estimate of drug-likeness (QED) is 0.711. The third-order valence-electron chi connectivity index (χ3n) is 5.09. The van der Waals surface area contributed by atoms with Gasteiger partial charge in [-0.25, -0.2) is 0 Å². The van der Waals surface area contributed by atoms with Crippen LogP contribution in [0, 0.1) is 6.92 Å². The molecule has 3 aromatic rings. The highest BCUT2D eigenvalue weighted by atomic mass is 35.5. The van der Waals surface area contributed by atoms with Crippen molar-refractivity contribution in [1.29, 1.82) is 0 Å². The summed E-state index contributed by atoms with van der Waals surface area (Å²) in [6.45, 7) is 4.40. The van der Waals surface area contributed by atoms with E-state index in [1.807, 2.05) is 55.6 Å². The van der Waals surface area contributed by atoms with Gasteiger partial charge in [-0.15, -0.1) is 12.4 Å². The number of nitrogens with zero attached hydrogens (tertiary/aromatic N) is 1. The van der Waals surface area contributed by atoms with E-state index in [9.17, 15) is 4.79 Å². The average Bonchev–Trinajstić information content (AvgIpc) is 3.19. The van der Waals surface area contributed by atoms with Crippen LogP contribution in [0.5, 0.6) is 11.5 Å². The summed E-state index contributed by atoms with van der Waals surface area (Å²) >= 11 is 0. The van der Waals surface area contributed by atoms with Crippen molar-refractivity contribution in [2.24, 2.45) is 0 Å². The molecule has 6 heteroatoms. The SMILES string of the molecule is COc1ccc(Cn2ccc3cc(O[C@@H]4CCNC4)c(C)cc3c2=O)cc1.Cl. The van der Waals surface area contributed by atoms with Crippen molar-refractivity contribution < 1.29 is 9.47 Å². The standard InChI is InChI=1S/C22H24N2O3.ClH/c1-15-11-20-17(12-21(15)27-19-7-9-23-13-19)8-10-24(22(20)25)14-16-3-5-18(26-2)6-4-16;/h3-6,8,10-12,19,23H,7,9,13-14H2,1-2H3;1H/t19-;/m1./s1. The molecule has 1 fully saturated rings. The Labute approximate surface area is 170 Å². The van der Waals surface area contributed by atoms with E-state index in [0.717, 1.165) is 52.9 Å². The minimum atomic E-state index is 0. The summed E-state index contributed by atoms with van der Waals surface area (Å²) in [5.41, 5.74) is 2.07. The van der Waals surface area contributed by atoms with Crippen LogP contribution < -0.4 is 20.3 Å². The van der Waals surface area contributed by atoms with Gasteiger partial charge in [0.05, 0.1) is 13.7 Å². The van der Waals surface area contributed by atoms with Gasteiger partial charge in [0.2, 0.25) is 0 Å². The van der Waals surface area contributed by atoms with Gasteiger partial charge < -0.3 is 19.4 Å². The Kier molecular flexibility index (Phi) is 6.27. The Bertz CT molecular complexity index is 1010. The van der Waals surface area contributed by atoms with Crippen LogP contribution in [0.2, 0.25) is 0 Å². The van der Waals surface area contributed by atoms with Crippen molar-refractivity contribution in [2.45, 2.75) is 26.0 Å². The van der Waals surface area contributed by atoms with Crippen LogP contribution in [-0.2, 0) is 6.54 Å². The fraction of sp³-hybridized carbons (Fsp3) is 0.318. The van der Waals surface area contributed by atoms with Crippen LogP contribution in [0.25, 0.3) is 10.8 Å². The van der Waals surface area contributed by atoms with Gasteiger partial charge >= 0.3 is 0 Å². The summed E-state index contributed by atoms with van der Waals surface area (Å²) in [6.07, 6.45) is 3.07. The normalized spacial score (nSPS) is 16.0. The first-order valence-electron chi connectivity index (χ1n) is 9.28. The molecule has 1 aliphatic rings. The van der Waals surface area contributed by atoms with Gasteiger partial charge in [-0.3, -0.25) is 4.79 Å². The highest BCUT2D eigenvalue weighted by Gasteiger charge is 2.17. The molecule has 1 N–H and O–H groups in total. The molecule has 148 valence electrons. The Morgan fingerprint density at radius 1 is 1.18 bits per heavy atom. The molecule has 2 aromatic carbocycles. The summed E-state index contributed by atoms with van der Waals surface area (Å²) in [5.74, 6) is 1.67. The first-order valence-corrected chi connectivity index (χ1v) is 9.28. The van der Waals surface area contributed by atoms with Crippen molar-refractivity contribution in [3.8, 4) is 11.5 Å². The van der Waals surface area contributed by atoms with E-state index in [0.29, 0.717) is 6.54 Å². The fourth-order valence-corrected chi connectivity index (χ4v) is 3.51. The lowest BCUT2D eigenvalue weighted by atomic mass is 10.1. The summed E-state index contributed by atoms with van der Waals surface area (Å²) in [4.78, 5) is 13.0. The fourth-order valence-electron chi connectivity index (χ4n) is 3.51. The zero-order valence-corrected chi connectivity index (χ0v) is 16.9. The molecule has 4 rings (SSSR count). The molecule has 0 radical (unpaired) electrons. The number of hydrogen-bond acceptors (Lipinski definition) is 4. The lowest BCUT2D eigenvalue weighted by molar-refractivity contribution is 0.222. The summed E-state index contributed by atoms with van der Waals surface area (Å²) in [5, 5.41) is 4.95. The molecule has 0 bridgehead atoms. The number of halogens is 1. The first kappa shape index (κ1) is 20.2. The molecular weight excluding hydrogens is 376 g/mol. The molecule has 1 atom stereocenters. The highest BCUT2D eigenvalue weighted by molar-refractivity contribution is 5.85. The lowest BCUT2D eigenvalue weighted by Gasteiger charge is -2.16. The predicted octanol–water partition coefficient (Wildman–Crippen LogP) is 3.53. The van der Waals surface area contributed by atoms with Gasteiger partial charge in [0.1, 0.15) is 17.6 Å². The van der Waals surface area contributed by atoms with Crippen LogP contribution in [0.4, 0.5) is 0 Å². The number of rotatable bonds is 5. The molecule has 1 aliphatic heterocycles. The number of benzene rings is 2. The Morgan fingerprint density at radius 2 is 1.96 bits per heavy atom. The van der Waals surface area contributed by atoms with Crippen LogP contribution in [0.15, 0.2) is 53.5 Å². The molecule has 28 heavy (non-hydrogen) atoms. The van der Waals surface area contributed by atoms with E-state index >= 15 is 0 Å². The number of ether oxygens (including phenoxy) is 2. The molecule has 1 aromatic heterocycles. The van der Waals surface area contributed by atoms with Crippen LogP contribution in [0.1, 0.15) is 17.5 Å². The number of fused-ring (bicyclic) bond motifs is 1. The minimum absolute atomic E-state index is 0. The smallest absolute Gasteiger partial charge is 0.258 e. The topological polar surface area (TPSA) is 52.5 Å². The molecule has 0 aliphatic carbocycles. The van der Waals surface area contributed by atoms with Crippen LogP contribution >= 0.6 is 12.4 Å². The van der Waals surface area contributed by atoms with Gasteiger partial charge in [-0.05, 0) is 66.7 Å². The maximum atomic E-state index is 13.0. The van der Waals surface area contributed by atoms with Crippen molar-refractivity contribution >= 4 is 23.2 Å². The summed E-state index contributed by atoms with van der Waals surface area (Å²) < 4.78 is 13.0.